The Hall–Kier alpha value is -1.99. The lowest BCUT2D eigenvalue weighted by Gasteiger charge is -2.23. The van der Waals surface area contributed by atoms with E-state index in [1.54, 1.807) is 6.92 Å². The van der Waals surface area contributed by atoms with Gasteiger partial charge >= 0.3 is 0 Å². The number of nitrogens with two attached hydrogens (primary N) is 1. The Labute approximate surface area is 113 Å². The number of carbonyl (C=O) groups excluding carboxylic acids is 1. The van der Waals surface area contributed by atoms with Gasteiger partial charge in [-0.25, -0.2) is 0 Å². The molecule has 1 aliphatic rings. The smallest absolute Gasteiger partial charge is 0.265 e. The summed E-state index contributed by atoms with van der Waals surface area (Å²) in [5.74, 6) is 0.518. The highest BCUT2D eigenvalue weighted by molar-refractivity contribution is 7.14. The Balaban J connectivity index is 1.97. The standard InChI is InChI=1S/C12H12N4O2S/c1-6-11(17)14-8-4-7(2-3-9(8)18-6)12-16-15-10(5-13)19-12/h2-4,6H,5,13H2,1H3,(H,14,17). The Morgan fingerprint density at radius 2 is 2.32 bits per heavy atom. The summed E-state index contributed by atoms with van der Waals surface area (Å²) in [6.07, 6.45) is -0.469. The number of rotatable bonds is 2. The third kappa shape index (κ3) is 2.18. The first-order chi connectivity index (χ1) is 9.17. The highest BCUT2D eigenvalue weighted by atomic mass is 32.1. The van der Waals surface area contributed by atoms with Crippen LogP contribution in [0.25, 0.3) is 10.6 Å². The van der Waals surface area contributed by atoms with E-state index in [-0.39, 0.29) is 5.91 Å². The molecule has 1 amide bonds. The SMILES string of the molecule is CC1Oc2ccc(-c3nnc(CN)s3)cc2NC1=O. The maximum atomic E-state index is 11.6. The molecule has 1 atom stereocenters. The fourth-order valence-corrected chi connectivity index (χ4v) is 2.51. The van der Waals surface area contributed by atoms with Gasteiger partial charge in [0, 0.05) is 12.1 Å². The van der Waals surface area contributed by atoms with E-state index >= 15 is 0 Å². The maximum absolute atomic E-state index is 11.6. The molecule has 0 radical (unpaired) electrons. The number of hydrogen-bond donors (Lipinski definition) is 2. The first kappa shape index (κ1) is 12.1. The van der Waals surface area contributed by atoms with Crippen LogP contribution in [0, 0.1) is 0 Å². The van der Waals surface area contributed by atoms with Gasteiger partial charge in [-0.1, -0.05) is 11.3 Å². The molecule has 0 bridgehead atoms. The summed E-state index contributed by atoms with van der Waals surface area (Å²) in [4.78, 5) is 11.6. The van der Waals surface area contributed by atoms with Crippen LogP contribution < -0.4 is 15.8 Å². The number of benzene rings is 1. The molecule has 1 unspecified atom stereocenters. The van der Waals surface area contributed by atoms with E-state index in [1.165, 1.54) is 11.3 Å². The minimum atomic E-state index is -0.469. The van der Waals surface area contributed by atoms with Gasteiger partial charge in [0.2, 0.25) is 0 Å². The van der Waals surface area contributed by atoms with Gasteiger partial charge in [0.15, 0.2) is 6.10 Å². The van der Waals surface area contributed by atoms with Crippen molar-refractivity contribution in [1.82, 2.24) is 10.2 Å². The third-order valence-corrected chi connectivity index (χ3v) is 3.79. The molecule has 1 aromatic carbocycles. The molecule has 98 valence electrons. The van der Waals surface area contributed by atoms with E-state index in [0.29, 0.717) is 18.0 Å². The summed E-state index contributed by atoms with van der Waals surface area (Å²) in [5, 5.41) is 12.4. The van der Waals surface area contributed by atoms with Crippen molar-refractivity contribution in [3.63, 3.8) is 0 Å². The van der Waals surface area contributed by atoms with Crippen molar-refractivity contribution in [2.24, 2.45) is 5.73 Å². The molecule has 0 aliphatic carbocycles. The summed E-state index contributed by atoms with van der Waals surface area (Å²) in [7, 11) is 0. The van der Waals surface area contributed by atoms with E-state index in [4.69, 9.17) is 10.5 Å². The highest BCUT2D eigenvalue weighted by Crippen LogP contribution is 2.34. The Kier molecular flexibility index (Phi) is 2.92. The first-order valence-corrected chi connectivity index (χ1v) is 6.63. The van der Waals surface area contributed by atoms with E-state index in [1.807, 2.05) is 18.2 Å². The maximum Gasteiger partial charge on any atom is 0.265 e. The molecule has 6 nitrogen and oxygen atoms in total. The zero-order valence-electron chi connectivity index (χ0n) is 10.2. The molecular weight excluding hydrogens is 264 g/mol. The van der Waals surface area contributed by atoms with Crippen LogP contribution in [0.3, 0.4) is 0 Å². The number of amides is 1. The van der Waals surface area contributed by atoms with Crippen LogP contribution in [0.2, 0.25) is 0 Å². The number of aromatic nitrogens is 2. The fraction of sp³-hybridized carbons (Fsp3) is 0.250. The van der Waals surface area contributed by atoms with E-state index in [9.17, 15) is 4.79 Å². The predicted molar refractivity (Wildman–Crippen MR) is 72.0 cm³/mol. The van der Waals surface area contributed by atoms with Crippen LogP contribution in [-0.4, -0.2) is 22.2 Å². The van der Waals surface area contributed by atoms with E-state index in [0.717, 1.165) is 15.6 Å². The molecule has 19 heavy (non-hydrogen) atoms. The van der Waals surface area contributed by atoms with E-state index in [2.05, 4.69) is 15.5 Å². The topological polar surface area (TPSA) is 90.1 Å². The van der Waals surface area contributed by atoms with Crippen LogP contribution in [-0.2, 0) is 11.3 Å². The quantitative estimate of drug-likeness (QED) is 0.865. The van der Waals surface area contributed by atoms with Gasteiger partial charge in [-0.05, 0) is 25.1 Å². The molecule has 1 aliphatic heterocycles. The summed E-state index contributed by atoms with van der Waals surface area (Å²) in [6.45, 7) is 2.09. The van der Waals surface area contributed by atoms with Crippen molar-refractivity contribution in [3.8, 4) is 16.3 Å². The van der Waals surface area contributed by atoms with Gasteiger partial charge < -0.3 is 15.8 Å². The summed E-state index contributed by atoms with van der Waals surface area (Å²) in [6, 6.07) is 5.55. The van der Waals surface area contributed by atoms with Crippen LogP contribution in [0.1, 0.15) is 11.9 Å². The summed E-state index contributed by atoms with van der Waals surface area (Å²) in [5.41, 5.74) is 7.06. The summed E-state index contributed by atoms with van der Waals surface area (Å²) < 4.78 is 5.50. The molecule has 0 saturated heterocycles. The summed E-state index contributed by atoms with van der Waals surface area (Å²) >= 11 is 1.44. The molecule has 2 heterocycles. The van der Waals surface area contributed by atoms with Crippen LogP contribution in [0.4, 0.5) is 5.69 Å². The lowest BCUT2D eigenvalue weighted by atomic mass is 10.1. The number of hydrogen-bond acceptors (Lipinski definition) is 6. The van der Waals surface area contributed by atoms with Gasteiger partial charge in [0.25, 0.3) is 5.91 Å². The Bertz CT molecular complexity index is 640. The molecule has 2 aromatic rings. The Morgan fingerprint density at radius 3 is 3.05 bits per heavy atom. The zero-order chi connectivity index (χ0) is 13.4. The predicted octanol–water partition coefficient (Wildman–Crippen LogP) is 1.38. The number of fused-ring (bicyclic) bond motifs is 1. The molecule has 0 spiro atoms. The van der Waals surface area contributed by atoms with Gasteiger partial charge in [0.1, 0.15) is 15.8 Å². The van der Waals surface area contributed by atoms with Crippen molar-refractivity contribution in [1.29, 1.82) is 0 Å². The number of nitrogens with one attached hydrogen (secondary N) is 1. The van der Waals surface area contributed by atoms with Crippen molar-refractivity contribution in [3.05, 3.63) is 23.2 Å². The van der Waals surface area contributed by atoms with Crippen molar-refractivity contribution >= 4 is 22.9 Å². The second kappa shape index (κ2) is 4.60. The molecule has 3 rings (SSSR count). The molecule has 0 saturated carbocycles. The largest absolute Gasteiger partial charge is 0.479 e. The molecule has 3 N–H and O–H groups in total. The van der Waals surface area contributed by atoms with Gasteiger partial charge in [-0.3, -0.25) is 4.79 Å². The average Bonchev–Trinajstić information content (AvgIpc) is 2.88. The second-order valence-electron chi connectivity index (χ2n) is 4.17. The number of anilines is 1. The minimum absolute atomic E-state index is 0.149. The molecule has 1 aromatic heterocycles. The van der Waals surface area contributed by atoms with E-state index < -0.39 is 6.10 Å². The van der Waals surface area contributed by atoms with Gasteiger partial charge in [0.05, 0.1) is 5.69 Å². The van der Waals surface area contributed by atoms with Gasteiger partial charge in [-0.2, -0.15) is 0 Å². The monoisotopic (exact) mass is 276 g/mol. The molecule has 7 heteroatoms. The second-order valence-corrected chi connectivity index (χ2v) is 5.23. The minimum Gasteiger partial charge on any atom is -0.479 e. The zero-order valence-corrected chi connectivity index (χ0v) is 11.0. The number of ether oxygens (including phenoxy) is 1. The van der Waals surface area contributed by atoms with Crippen molar-refractivity contribution in [2.45, 2.75) is 19.6 Å². The first-order valence-electron chi connectivity index (χ1n) is 5.82. The van der Waals surface area contributed by atoms with Crippen LogP contribution in [0.15, 0.2) is 18.2 Å². The van der Waals surface area contributed by atoms with Crippen LogP contribution >= 0.6 is 11.3 Å². The Morgan fingerprint density at radius 1 is 1.47 bits per heavy atom. The van der Waals surface area contributed by atoms with Crippen LogP contribution in [0.5, 0.6) is 5.75 Å². The van der Waals surface area contributed by atoms with Crippen molar-refractivity contribution in [2.75, 3.05) is 5.32 Å². The normalized spacial score (nSPS) is 17.6. The number of nitrogens with zero attached hydrogens (tertiary/aromatic N) is 2. The highest BCUT2D eigenvalue weighted by Gasteiger charge is 2.23. The lowest BCUT2D eigenvalue weighted by molar-refractivity contribution is -0.122. The lowest BCUT2D eigenvalue weighted by Crippen LogP contribution is -2.34. The fourth-order valence-electron chi connectivity index (χ4n) is 1.79. The number of carbonyl (C=O) groups is 1. The third-order valence-electron chi connectivity index (χ3n) is 2.80. The molecule has 0 fully saturated rings. The molecular formula is C12H12N4O2S. The van der Waals surface area contributed by atoms with Gasteiger partial charge in [-0.15, -0.1) is 10.2 Å². The van der Waals surface area contributed by atoms with Crippen molar-refractivity contribution < 1.29 is 9.53 Å². The average molecular weight is 276 g/mol.